The summed E-state index contributed by atoms with van der Waals surface area (Å²) < 4.78 is 11.3. The van der Waals surface area contributed by atoms with Crippen LogP contribution in [0.2, 0.25) is 0 Å². The SMILES string of the molecule is COc1ccc2cc1OCC(=O)N(C)CCCN(Cc1ccccc1)Cc1c[nH]c3ncnc(c13)N2. The van der Waals surface area contributed by atoms with Gasteiger partial charge in [-0.05, 0) is 29.7 Å². The second-order valence-corrected chi connectivity index (χ2v) is 8.90. The molecule has 2 aromatic heterocycles. The second-order valence-electron chi connectivity index (χ2n) is 8.90. The molecule has 36 heavy (non-hydrogen) atoms. The molecule has 9 heteroatoms. The van der Waals surface area contributed by atoms with Crippen molar-refractivity contribution >= 4 is 28.4 Å². The third kappa shape index (κ3) is 5.26. The standard InChI is InChI=1S/C27H30N6O3/c1-32-11-6-12-33(15-19-7-4-3-5-8-19)16-20-14-28-26-25(20)27(30-18-29-26)31-21-9-10-22(35-2)23(13-21)36-17-24(32)34/h3-5,7-10,13-14,18H,6,11-12,15-17H2,1-2H3,(H2,28,29,30,31). The van der Waals surface area contributed by atoms with E-state index < -0.39 is 0 Å². The monoisotopic (exact) mass is 486 g/mol. The number of aromatic amines is 1. The Morgan fingerprint density at radius 3 is 2.81 bits per heavy atom. The number of hydrogen-bond acceptors (Lipinski definition) is 7. The summed E-state index contributed by atoms with van der Waals surface area (Å²) in [4.78, 5) is 29.1. The van der Waals surface area contributed by atoms with Crippen LogP contribution < -0.4 is 14.8 Å². The van der Waals surface area contributed by atoms with E-state index in [2.05, 4.69) is 49.4 Å². The van der Waals surface area contributed by atoms with Gasteiger partial charge in [-0.25, -0.2) is 9.97 Å². The van der Waals surface area contributed by atoms with Gasteiger partial charge in [-0.3, -0.25) is 9.69 Å². The zero-order valence-electron chi connectivity index (χ0n) is 20.5. The topological polar surface area (TPSA) is 95.6 Å². The van der Waals surface area contributed by atoms with E-state index in [1.165, 1.54) is 5.56 Å². The number of nitrogens with zero attached hydrogens (tertiary/aromatic N) is 4. The Labute approximate surface area is 210 Å². The Balaban J connectivity index is 1.53. The molecule has 2 bridgehead atoms. The maximum Gasteiger partial charge on any atom is 0.260 e. The van der Waals surface area contributed by atoms with Crippen molar-refractivity contribution in [2.45, 2.75) is 19.5 Å². The zero-order valence-corrected chi connectivity index (χ0v) is 20.5. The minimum Gasteiger partial charge on any atom is -0.493 e. The molecule has 0 saturated carbocycles. The number of aromatic nitrogens is 3. The second kappa shape index (κ2) is 10.7. The maximum absolute atomic E-state index is 12.7. The summed E-state index contributed by atoms with van der Waals surface area (Å²) in [5.74, 6) is 1.67. The molecule has 5 rings (SSSR count). The van der Waals surface area contributed by atoms with E-state index in [9.17, 15) is 4.79 Å². The molecule has 0 aliphatic carbocycles. The summed E-state index contributed by atoms with van der Waals surface area (Å²) in [6.45, 7) is 2.90. The molecule has 0 radical (unpaired) electrons. The summed E-state index contributed by atoms with van der Waals surface area (Å²) in [6.07, 6.45) is 4.38. The molecule has 186 valence electrons. The third-order valence-corrected chi connectivity index (χ3v) is 6.37. The Morgan fingerprint density at radius 2 is 1.97 bits per heavy atom. The van der Waals surface area contributed by atoms with E-state index in [-0.39, 0.29) is 12.5 Å². The minimum atomic E-state index is -0.0810. The molecule has 0 unspecified atom stereocenters. The van der Waals surface area contributed by atoms with Crippen molar-refractivity contribution in [2.24, 2.45) is 0 Å². The van der Waals surface area contributed by atoms with Gasteiger partial charge in [0.2, 0.25) is 0 Å². The maximum atomic E-state index is 12.7. The van der Waals surface area contributed by atoms with E-state index in [1.54, 1.807) is 18.3 Å². The highest BCUT2D eigenvalue weighted by molar-refractivity contribution is 5.92. The zero-order chi connectivity index (χ0) is 24.9. The fraction of sp³-hybridized carbons (Fsp3) is 0.296. The molecule has 1 aliphatic rings. The average molecular weight is 487 g/mol. The number of rotatable bonds is 3. The number of ether oxygens (including phenoxy) is 2. The van der Waals surface area contributed by atoms with Crippen LogP contribution in [-0.2, 0) is 17.9 Å². The highest BCUT2D eigenvalue weighted by atomic mass is 16.5. The largest absolute Gasteiger partial charge is 0.493 e. The van der Waals surface area contributed by atoms with Crippen molar-refractivity contribution < 1.29 is 14.3 Å². The Kier molecular flexibility index (Phi) is 6.99. The Morgan fingerprint density at radius 1 is 1.11 bits per heavy atom. The molecule has 4 aromatic rings. The number of hydrogen-bond donors (Lipinski definition) is 2. The van der Waals surface area contributed by atoms with Gasteiger partial charge in [-0.15, -0.1) is 0 Å². The molecule has 2 N–H and O–H groups in total. The molecule has 2 aromatic carbocycles. The summed E-state index contributed by atoms with van der Waals surface area (Å²) >= 11 is 0. The lowest BCUT2D eigenvalue weighted by atomic mass is 10.1. The van der Waals surface area contributed by atoms with Gasteiger partial charge in [0.25, 0.3) is 5.91 Å². The smallest absolute Gasteiger partial charge is 0.260 e. The first-order valence-electron chi connectivity index (χ1n) is 12.0. The van der Waals surface area contributed by atoms with Gasteiger partial charge < -0.3 is 24.7 Å². The number of nitrogens with one attached hydrogen (secondary N) is 2. The normalized spacial score (nSPS) is 15.4. The molecule has 0 spiro atoms. The van der Waals surface area contributed by atoms with Gasteiger partial charge in [0.05, 0.1) is 12.5 Å². The first kappa shape index (κ1) is 23.6. The van der Waals surface area contributed by atoms with Crippen LogP contribution in [-0.4, -0.2) is 64.5 Å². The molecule has 0 saturated heterocycles. The molecule has 0 atom stereocenters. The Bertz CT molecular complexity index is 1340. The van der Waals surface area contributed by atoms with Crippen LogP contribution in [0, 0.1) is 0 Å². The molecule has 9 nitrogen and oxygen atoms in total. The molecule has 3 heterocycles. The van der Waals surface area contributed by atoms with Gasteiger partial charge in [0.1, 0.15) is 17.8 Å². The van der Waals surface area contributed by atoms with E-state index in [1.807, 2.05) is 37.5 Å². The quantitative estimate of drug-likeness (QED) is 0.453. The number of anilines is 2. The van der Waals surface area contributed by atoms with Crippen LogP contribution in [0.4, 0.5) is 11.5 Å². The lowest BCUT2D eigenvalue weighted by molar-refractivity contribution is -0.132. The van der Waals surface area contributed by atoms with Gasteiger partial charge in [-0.2, -0.15) is 0 Å². The number of carbonyl (C=O) groups is 1. The first-order chi connectivity index (χ1) is 17.6. The first-order valence-corrected chi connectivity index (χ1v) is 12.0. The predicted octanol–water partition coefficient (Wildman–Crippen LogP) is 3.95. The third-order valence-electron chi connectivity index (χ3n) is 6.37. The highest BCUT2D eigenvalue weighted by Crippen LogP contribution is 2.33. The number of likely N-dealkylation sites (N-methyl/N-ethyl adjacent to an activating group) is 1. The van der Waals surface area contributed by atoms with Crippen LogP contribution in [0.5, 0.6) is 11.5 Å². The van der Waals surface area contributed by atoms with Crippen molar-refractivity contribution in [3.8, 4) is 11.5 Å². The van der Waals surface area contributed by atoms with Crippen molar-refractivity contribution in [3.05, 3.63) is 72.2 Å². The van der Waals surface area contributed by atoms with Gasteiger partial charge in [-0.1, -0.05) is 30.3 Å². The molecular weight excluding hydrogens is 456 g/mol. The number of amides is 1. The summed E-state index contributed by atoms with van der Waals surface area (Å²) in [5, 5.41) is 4.36. The number of carbonyl (C=O) groups excluding carboxylic acids is 1. The fourth-order valence-corrected chi connectivity index (χ4v) is 4.45. The van der Waals surface area contributed by atoms with Crippen molar-refractivity contribution in [1.82, 2.24) is 24.8 Å². The van der Waals surface area contributed by atoms with Gasteiger partial charge in [0, 0.05) is 51.2 Å². The Hall–Kier alpha value is -4.11. The van der Waals surface area contributed by atoms with Crippen molar-refractivity contribution in [2.75, 3.05) is 39.2 Å². The van der Waals surface area contributed by atoms with Gasteiger partial charge >= 0.3 is 0 Å². The molecule has 1 aliphatic heterocycles. The number of fused-ring (bicyclic) bond motifs is 2. The lowest BCUT2D eigenvalue weighted by Crippen LogP contribution is -2.34. The average Bonchev–Trinajstić information content (AvgIpc) is 3.31. The van der Waals surface area contributed by atoms with Crippen LogP contribution in [0.25, 0.3) is 11.0 Å². The van der Waals surface area contributed by atoms with E-state index in [4.69, 9.17) is 9.47 Å². The predicted molar refractivity (Wildman–Crippen MR) is 138 cm³/mol. The van der Waals surface area contributed by atoms with Crippen LogP contribution in [0.15, 0.2) is 61.1 Å². The summed E-state index contributed by atoms with van der Waals surface area (Å²) in [5.41, 5.74) is 3.89. The van der Waals surface area contributed by atoms with Gasteiger partial charge in [0.15, 0.2) is 18.1 Å². The molecule has 0 fully saturated rings. The summed E-state index contributed by atoms with van der Waals surface area (Å²) in [7, 11) is 3.39. The summed E-state index contributed by atoms with van der Waals surface area (Å²) in [6, 6.07) is 15.9. The van der Waals surface area contributed by atoms with Crippen LogP contribution >= 0.6 is 0 Å². The number of methoxy groups -OCH3 is 1. The van der Waals surface area contributed by atoms with Crippen LogP contribution in [0.3, 0.4) is 0 Å². The molecule has 1 amide bonds. The minimum absolute atomic E-state index is 0.0657. The van der Waals surface area contributed by atoms with Crippen molar-refractivity contribution in [3.63, 3.8) is 0 Å². The fourth-order valence-electron chi connectivity index (χ4n) is 4.45. The van der Waals surface area contributed by atoms with Crippen molar-refractivity contribution in [1.29, 1.82) is 0 Å². The lowest BCUT2D eigenvalue weighted by Gasteiger charge is -2.25. The van der Waals surface area contributed by atoms with E-state index in [0.29, 0.717) is 30.4 Å². The van der Waals surface area contributed by atoms with E-state index >= 15 is 0 Å². The highest BCUT2D eigenvalue weighted by Gasteiger charge is 2.18. The van der Waals surface area contributed by atoms with E-state index in [0.717, 1.165) is 41.8 Å². The number of benzene rings is 2. The number of H-pyrrole nitrogens is 1. The van der Waals surface area contributed by atoms with Crippen LogP contribution in [0.1, 0.15) is 17.5 Å². The molecular formula is C27H30N6O3.